The number of nitrogens with one attached hydrogen (secondary N) is 1. The summed E-state index contributed by atoms with van der Waals surface area (Å²) in [7, 11) is 0. The Bertz CT molecular complexity index is 418. The van der Waals surface area contributed by atoms with Crippen LogP contribution in [0.4, 0.5) is 0 Å². The SMILES string of the molecule is CC(CC(O)c1cccs1)NC1CC(C)N(C2CC2)C1. The molecule has 2 N–H and O–H groups in total. The number of thiophene rings is 1. The third-order valence-electron chi connectivity index (χ3n) is 4.61. The van der Waals surface area contributed by atoms with Crippen molar-refractivity contribution in [1.29, 1.82) is 0 Å². The van der Waals surface area contributed by atoms with Gasteiger partial charge in [-0.15, -0.1) is 11.3 Å². The van der Waals surface area contributed by atoms with Gasteiger partial charge in [0.25, 0.3) is 0 Å². The quantitative estimate of drug-likeness (QED) is 0.847. The molecule has 1 aromatic heterocycles. The minimum absolute atomic E-state index is 0.323. The molecule has 4 heteroatoms. The van der Waals surface area contributed by atoms with Gasteiger partial charge in [0.2, 0.25) is 0 Å². The molecule has 2 fully saturated rings. The van der Waals surface area contributed by atoms with E-state index in [1.165, 1.54) is 25.8 Å². The van der Waals surface area contributed by atoms with Gasteiger partial charge in [0, 0.05) is 35.6 Å². The molecule has 1 saturated heterocycles. The van der Waals surface area contributed by atoms with E-state index in [0.29, 0.717) is 12.1 Å². The summed E-state index contributed by atoms with van der Waals surface area (Å²) < 4.78 is 0. The molecule has 4 atom stereocenters. The molecule has 3 rings (SSSR count). The molecule has 2 aliphatic rings. The number of rotatable bonds is 6. The lowest BCUT2D eigenvalue weighted by Crippen LogP contribution is -2.39. The van der Waals surface area contributed by atoms with Crippen LogP contribution in [0, 0.1) is 0 Å². The number of hydrogen-bond donors (Lipinski definition) is 2. The van der Waals surface area contributed by atoms with Crippen LogP contribution in [-0.2, 0) is 0 Å². The maximum absolute atomic E-state index is 10.2. The number of aliphatic hydroxyl groups is 1. The molecule has 1 aromatic rings. The Morgan fingerprint density at radius 3 is 2.95 bits per heavy atom. The van der Waals surface area contributed by atoms with Crippen LogP contribution in [0.5, 0.6) is 0 Å². The van der Waals surface area contributed by atoms with Crippen LogP contribution in [0.25, 0.3) is 0 Å². The maximum atomic E-state index is 10.2. The van der Waals surface area contributed by atoms with E-state index < -0.39 is 0 Å². The summed E-state index contributed by atoms with van der Waals surface area (Å²) in [6, 6.07) is 6.57. The largest absolute Gasteiger partial charge is 0.388 e. The van der Waals surface area contributed by atoms with E-state index in [0.717, 1.165) is 23.4 Å². The van der Waals surface area contributed by atoms with Crippen LogP contribution in [0.2, 0.25) is 0 Å². The first-order valence-corrected chi connectivity index (χ1v) is 8.74. The number of hydrogen-bond acceptors (Lipinski definition) is 4. The highest BCUT2D eigenvalue weighted by Crippen LogP contribution is 2.33. The Morgan fingerprint density at radius 1 is 1.50 bits per heavy atom. The van der Waals surface area contributed by atoms with Crippen molar-refractivity contribution in [2.75, 3.05) is 6.54 Å². The highest BCUT2D eigenvalue weighted by molar-refractivity contribution is 7.10. The first kappa shape index (κ1) is 14.5. The van der Waals surface area contributed by atoms with Gasteiger partial charge in [-0.3, -0.25) is 4.90 Å². The van der Waals surface area contributed by atoms with Crippen LogP contribution in [0.3, 0.4) is 0 Å². The van der Waals surface area contributed by atoms with Gasteiger partial charge in [0.1, 0.15) is 0 Å². The first-order chi connectivity index (χ1) is 9.63. The third kappa shape index (κ3) is 3.42. The van der Waals surface area contributed by atoms with Crippen molar-refractivity contribution < 1.29 is 5.11 Å². The zero-order valence-corrected chi connectivity index (χ0v) is 13.3. The second-order valence-electron chi connectivity index (χ2n) is 6.54. The van der Waals surface area contributed by atoms with Gasteiger partial charge in [-0.25, -0.2) is 0 Å². The Labute approximate surface area is 126 Å². The zero-order valence-electron chi connectivity index (χ0n) is 12.5. The number of likely N-dealkylation sites (tertiary alicyclic amines) is 1. The lowest BCUT2D eigenvalue weighted by molar-refractivity contribution is 0.155. The molecule has 0 aromatic carbocycles. The minimum Gasteiger partial charge on any atom is -0.388 e. The Hall–Kier alpha value is -0.420. The van der Waals surface area contributed by atoms with Gasteiger partial charge in [-0.2, -0.15) is 0 Å². The summed E-state index contributed by atoms with van der Waals surface area (Å²) in [6.45, 7) is 5.73. The predicted molar refractivity (Wildman–Crippen MR) is 84.1 cm³/mol. The van der Waals surface area contributed by atoms with Crippen molar-refractivity contribution in [2.24, 2.45) is 0 Å². The second kappa shape index (κ2) is 6.14. The van der Waals surface area contributed by atoms with Crippen LogP contribution in [0.1, 0.15) is 50.5 Å². The van der Waals surface area contributed by atoms with Gasteiger partial charge < -0.3 is 10.4 Å². The molecular formula is C16H26N2OS. The summed E-state index contributed by atoms with van der Waals surface area (Å²) in [5.74, 6) is 0. The molecule has 0 bridgehead atoms. The molecule has 1 aliphatic heterocycles. The van der Waals surface area contributed by atoms with Gasteiger partial charge in [0.05, 0.1) is 6.10 Å². The van der Waals surface area contributed by atoms with Gasteiger partial charge in [0.15, 0.2) is 0 Å². The van der Waals surface area contributed by atoms with Gasteiger partial charge in [-0.1, -0.05) is 6.07 Å². The summed E-state index contributed by atoms with van der Waals surface area (Å²) in [5, 5.41) is 16.0. The molecule has 1 saturated carbocycles. The van der Waals surface area contributed by atoms with E-state index in [4.69, 9.17) is 0 Å². The van der Waals surface area contributed by atoms with E-state index >= 15 is 0 Å². The summed E-state index contributed by atoms with van der Waals surface area (Å²) in [6.07, 6.45) is 4.51. The zero-order chi connectivity index (χ0) is 14.1. The smallest absolute Gasteiger partial charge is 0.0896 e. The Balaban J connectivity index is 1.46. The fraction of sp³-hybridized carbons (Fsp3) is 0.750. The molecule has 20 heavy (non-hydrogen) atoms. The van der Waals surface area contributed by atoms with E-state index in [2.05, 4.69) is 24.1 Å². The second-order valence-corrected chi connectivity index (χ2v) is 7.52. The monoisotopic (exact) mass is 294 g/mol. The van der Waals surface area contributed by atoms with Crippen molar-refractivity contribution in [3.63, 3.8) is 0 Å². The predicted octanol–water partition coefficient (Wildman–Crippen LogP) is 2.77. The molecule has 112 valence electrons. The summed E-state index contributed by atoms with van der Waals surface area (Å²) >= 11 is 1.64. The third-order valence-corrected chi connectivity index (χ3v) is 5.58. The van der Waals surface area contributed by atoms with E-state index in [-0.39, 0.29) is 6.10 Å². The summed E-state index contributed by atoms with van der Waals surface area (Å²) in [4.78, 5) is 3.75. The van der Waals surface area contributed by atoms with Crippen LogP contribution in [-0.4, -0.2) is 40.7 Å². The molecule has 2 heterocycles. The number of nitrogens with zero attached hydrogens (tertiary/aromatic N) is 1. The fourth-order valence-corrected chi connectivity index (χ4v) is 4.22. The molecule has 3 nitrogen and oxygen atoms in total. The molecule has 0 amide bonds. The standard InChI is InChI=1S/C16H26N2OS/c1-11(8-15(19)16-4-3-7-20-16)17-13-9-12(2)18(10-13)14-5-6-14/h3-4,7,11-15,17,19H,5-6,8-10H2,1-2H3. The van der Waals surface area contributed by atoms with Crippen molar-refractivity contribution >= 4 is 11.3 Å². The van der Waals surface area contributed by atoms with Gasteiger partial charge in [-0.05, 0) is 51.0 Å². The Morgan fingerprint density at radius 2 is 2.30 bits per heavy atom. The molecule has 1 aliphatic carbocycles. The minimum atomic E-state index is -0.323. The van der Waals surface area contributed by atoms with Crippen molar-refractivity contribution in [2.45, 2.75) is 69.8 Å². The highest BCUT2D eigenvalue weighted by Gasteiger charge is 2.38. The topological polar surface area (TPSA) is 35.5 Å². The average Bonchev–Trinajstić information content (AvgIpc) is 2.95. The molecule has 0 radical (unpaired) electrons. The lowest BCUT2D eigenvalue weighted by atomic mass is 10.1. The molecule has 4 unspecified atom stereocenters. The normalized spacial score (nSPS) is 30.6. The summed E-state index contributed by atoms with van der Waals surface area (Å²) in [5.41, 5.74) is 0. The number of aliphatic hydroxyl groups excluding tert-OH is 1. The highest BCUT2D eigenvalue weighted by atomic mass is 32.1. The van der Waals surface area contributed by atoms with Gasteiger partial charge >= 0.3 is 0 Å². The van der Waals surface area contributed by atoms with Crippen molar-refractivity contribution in [3.8, 4) is 0 Å². The average molecular weight is 294 g/mol. The van der Waals surface area contributed by atoms with Crippen LogP contribution < -0.4 is 5.32 Å². The van der Waals surface area contributed by atoms with Crippen LogP contribution in [0.15, 0.2) is 17.5 Å². The molecule has 0 spiro atoms. The van der Waals surface area contributed by atoms with Crippen molar-refractivity contribution in [3.05, 3.63) is 22.4 Å². The van der Waals surface area contributed by atoms with Crippen LogP contribution >= 0.6 is 11.3 Å². The molecular weight excluding hydrogens is 268 g/mol. The fourth-order valence-electron chi connectivity index (χ4n) is 3.49. The lowest BCUT2D eigenvalue weighted by Gasteiger charge is -2.22. The Kier molecular flexibility index (Phi) is 4.46. The van der Waals surface area contributed by atoms with E-state index in [1.807, 2.05) is 17.5 Å². The first-order valence-electron chi connectivity index (χ1n) is 7.86. The maximum Gasteiger partial charge on any atom is 0.0896 e. The van der Waals surface area contributed by atoms with Crippen molar-refractivity contribution in [1.82, 2.24) is 10.2 Å². The van der Waals surface area contributed by atoms with E-state index in [1.54, 1.807) is 11.3 Å². The van der Waals surface area contributed by atoms with E-state index in [9.17, 15) is 5.11 Å².